The number of ether oxygens (including phenoxy) is 1. The molecule has 1 aliphatic heterocycles. The fraction of sp³-hybridized carbons (Fsp3) is 0.0870. The van der Waals surface area contributed by atoms with Crippen LogP contribution in [0.4, 0.5) is 5.69 Å². The molecule has 1 unspecified atom stereocenters. The molecule has 7 nitrogen and oxygen atoms in total. The number of imide groups is 1. The molecule has 1 heterocycles. The lowest BCUT2D eigenvalue weighted by Crippen LogP contribution is -2.48. The number of amides is 3. The van der Waals surface area contributed by atoms with Crippen LogP contribution in [0.15, 0.2) is 83.3 Å². The number of nitrogens with one attached hydrogen (secondary N) is 2. The highest BCUT2D eigenvalue weighted by atomic mass is 79.9. The minimum Gasteiger partial charge on any atom is -0.457 e. The van der Waals surface area contributed by atoms with Crippen molar-refractivity contribution in [1.82, 2.24) is 10.9 Å². The molecule has 4 rings (SSSR count). The Morgan fingerprint density at radius 3 is 2.26 bits per heavy atom. The zero-order valence-corrected chi connectivity index (χ0v) is 17.8. The van der Waals surface area contributed by atoms with E-state index in [1.54, 1.807) is 48.5 Å². The number of carbonyl (C=O) groups is 3. The Labute approximate surface area is 187 Å². The van der Waals surface area contributed by atoms with Crippen molar-refractivity contribution in [2.24, 2.45) is 0 Å². The van der Waals surface area contributed by atoms with Gasteiger partial charge in [-0.3, -0.25) is 19.8 Å². The molecular formula is C23H18BrN3O4. The van der Waals surface area contributed by atoms with Crippen LogP contribution in [0.2, 0.25) is 0 Å². The molecule has 0 aliphatic carbocycles. The van der Waals surface area contributed by atoms with E-state index in [1.165, 1.54) is 0 Å². The predicted molar refractivity (Wildman–Crippen MR) is 119 cm³/mol. The summed E-state index contributed by atoms with van der Waals surface area (Å²) in [6, 6.07) is 22.0. The molecule has 31 heavy (non-hydrogen) atoms. The number of halogens is 1. The second-order valence-corrected chi connectivity index (χ2v) is 7.67. The van der Waals surface area contributed by atoms with Gasteiger partial charge < -0.3 is 4.74 Å². The summed E-state index contributed by atoms with van der Waals surface area (Å²) in [5.41, 5.74) is 6.03. The average Bonchev–Trinajstić information content (AvgIpc) is 3.07. The maximum absolute atomic E-state index is 12.8. The monoisotopic (exact) mass is 479 g/mol. The molecule has 0 bridgehead atoms. The van der Waals surface area contributed by atoms with Crippen molar-refractivity contribution in [2.75, 3.05) is 4.90 Å². The minimum absolute atomic E-state index is 0.0582. The summed E-state index contributed by atoms with van der Waals surface area (Å²) in [6.45, 7) is 0. The highest BCUT2D eigenvalue weighted by molar-refractivity contribution is 9.10. The first-order valence-electron chi connectivity index (χ1n) is 9.53. The first kappa shape index (κ1) is 20.8. The number of hydrazine groups is 1. The molecular weight excluding hydrogens is 462 g/mol. The third-order valence-corrected chi connectivity index (χ3v) is 5.39. The van der Waals surface area contributed by atoms with Crippen LogP contribution in [-0.2, 0) is 9.59 Å². The van der Waals surface area contributed by atoms with E-state index in [2.05, 4.69) is 26.8 Å². The molecule has 1 saturated heterocycles. The van der Waals surface area contributed by atoms with Crippen LogP contribution in [-0.4, -0.2) is 23.8 Å². The van der Waals surface area contributed by atoms with Gasteiger partial charge in [0.1, 0.15) is 17.5 Å². The molecule has 3 aromatic rings. The van der Waals surface area contributed by atoms with E-state index in [9.17, 15) is 14.4 Å². The third-order valence-electron chi connectivity index (χ3n) is 4.70. The number of hydrogen-bond acceptors (Lipinski definition) is 5. The van der Waals surface area contributed by atoms with E-state index in [4.69, 9.17) is 4.74 Å². The zero-order chi connectivity index (χ0) is 21.8. The molecule has 0 aromatic heterocycles. The number of anilines is 1. The van der Waals surface area contributed by atoms with Crippen LogP contribution in [0.5, 0.6) is 11.5 Å². The maximum Gasteiger partial charge on any atom is 0.266 e. The molecule has 2 N–H and O–H groups in total. The lowest BCUT2D eigenvalue weighted by molar-refractivity contribution is -0.121. The molecule has 156 valence electrons. The topological polar surface area (TPSA) is 87.7 Å². The highest BCUT2D eigenvalue weighted by Crippen LogP contribution is 2.27. The Hall–Kier alpha value is -3.49. The first-order chi connectivity index (χ1) is 15.0. The van der Waals surface area contributed by atoms with E-state index in [0.29, 0.717) is 27.2 Å². The number of benzene rings is 3. The van der Waals surface area contributed by atoms with Gasteiger partial charge in [0, 0.05) is 4.47 Å². The largest absolute Gasteiger partial charge is 0.457 e. The highest BCUT2D eigenvalue weighted by Gasteiger charge is 2.39. The zero-order valence-electron chi connectivity index (χ0n) is 16.2. The number of hydrogen-bond donors (Lipinski definition) is 2. The average molecular weight is 480 g/mol. The van der Waals surface area contributed by atoms with Crippen LogP contribution in [0.25, 0.3) is 0 Å². The summed E-state index contributed by atoms with van der Waals surface area (Å²) in [6.07, 6.45) is -0.0582. The Kier molecular flexibility index (Phi) is 6.11. The summed E-state index contributed by atoms with van der Waals surface area (Å²) in [5.74, 6) is 0.0789. The molecule has 3 amide bonds. The molecule has 1 aliphatic rings. The first-order valence-corrected chi connectivity index (χ1v) is 10.3. The van der Waals surface area contributed by atoms with Crippen LogP contribution in [0.3, 0.4) is 0 Å². The van der Waals surface area contributed by atoms with Crippen molar-refractivity contribution in [2.45, 2.75) is 12.5 Å². The number of para-hydroxylation sites is 1. The van der Waals surface area contributed by atoms with Gasteiger partial charge in [-0.1, -0.05) is 30.3 Å². The van der Waals surface area contributed by atoms with E-state index in [1.807, 2.05) is 30.3 Å². The maximum atomic E-state index is 12.8. The third kappa shape index (κ3) is 4.65. The number of carbonyl (C=O) groups excluding carboxylic acids is 3. The fourth-order valence-electron chi connectivity index (χ4n) is 3.17. The Morgan fingerprint density at radius 1 is 0.903 bits per heavy atom. The van der Waals surface area contributed by atoms with Crippen molar-refractivity contribution < 1.29 is 19.1 Å². The van der Waals surface area contributed by atoms with Gasteiger partial charge in [0.25, 0.3) is 11.8 Å². The van der Waals surface area contributed by atoms with Crippen LogP contribution in [0, 0.1) is 0 Å². The lowest BCUT2D eigenvalue weighted by Gasteiger charge is -2.16. The molecule has 0 spiro atoms. The minimum atomic E-state index is -0.848. The summed E-state index contributed by atoms with van der Waals surface area (Å²) in [4.78, 5) is 38.6. The van der Waals surface area contributed by atoms with Crippen LogP contribution in [0.1, 0.15) is 16.8 Å². The quantitative estimate of drug-likeness (QED) is 0.414. The van der Waals surface area contributed by atoms with E-state index in [-0.39, 0.29) is 12.3 Å². The second kappa shape index (κ2) is 9.11. The van der Waals surface area contributed by atoms with Crippen molar-refractivity contribution >= 4 is 39.3 Å². The van der Waals surface area contributed by atoms with E-state index in [0.717, 1.165) is 4.90 Å². The summed E-state index contributed by atoms with van der Waals surface area (Å²) in [7, 11) is 0. The van der Waals surface area contributed by atoms with Crippen molar-refractivity contribution in [3.63, 3.8) is 0 Å². The van der Waals surface area contributed by atoms with Gasteiger partial charge in [-0.25, -0.2) is 10.3 Å². The van der Waals surface area contributed by atoms with E-state index < -0.39 is 17.9 Å². The fourth-order valence-corrected chi connectivity index (χ4v) is 3.63. The number of nitrogens with zero attached hydrogens (tertiary/aromatic N) is 1. The van der Waals surface area contributed by atoms with Gasteiger partial charge in [0.15, 0.2) is 0 Å². The molecule has 0 saturated carbocycles. The Bertz CT molecular complexity index is 1120. The Morgan fingerprint density at radius 2 is 1.55 bits per heavy atom. The van der Waals surface area contributed by atoms with Crippen LogP contribution >= 0.6 is 15.9 Å². The molecule has 8 heteroatoms. The number of rotatable bonds is 6. The van der Waals surface area contributed by atoms with Gasteiger partial charge in [0.05, 0.1) is 17.7 Å². The lowest BCUT2D eigenvalue weighted by atomic mass is 10.2. The molecule has 1 atom stereocenters. The van der Waals surface area contributed by atoms with E-state index >= 15 is 0 Å². The van der Waals surface area contributed by atoms with Crippen molar-refractivity contribution in [3.05, 3.63) is 88.9 Å². The Balaban J connectivity index is 1.40. The van der Waals surface area contributed by atoms with Gasteiger partial charge in [-0.2, -0.15) is 0 Å². The van der Waals surface area contributed by atoms with Gasteiger partial charge in [0.2, 0.25) is 5.91 Å². The molecule has 3 aromatic carbocycles. The van der Waals surface area contributed by atoms with Crippen LogP contribution < -0.4 is 20.5 Å². The molecule has 0 radical (unpaired) electrons. The van der Waals surface area contributed by atoms with Gasteiger partial charge in [-0.05, 0) is 64.5 Å². The van der Waals surface area contributed by atoms with Crippen molar-refractivity contribution in [1.29, 1.82) is 0 Å². The predicted octanol–water partition coefficient (Wildman–Crippen LogP) is 3.81. The summed E-state index contributed by atoms with van der Waals surface area (Å²) >= 11 is 3.31. The van der Waals surface area contributed by atoms with Crippen molar-refractivity contribution in [3.8, 4) is 11.5 Å². The summed E-state index contributed by atoms with van der Waals surface area (Å²) < 4.78 is 6.36. The normalized spacial score (nSPS) is 15.8. The van der Waals surface area contributed by atoms with Gasteiger partial charge >= 0.3 is 0 Å². The SMILES string of the molecule is O=C(NNC1CC(=O)N(c2ccc(Oc3ccccc3)cc2)C1=O)c1ccccc1Br. The molecule has 1 fully saturated rings. The smallest absolute Gasteiger partial charge is 0.266 e. The second-order valence-electron chi connectivity index (χ2n) is 6.81. The summed E-state index contributed by atoms with van der Waals surface area (Å²) in [5, 5.41) is 0. The standard InChI is InChI=1S/C23H18BrN3O4/c24-19-9-5-4-8-18(19)22(29)26-25-20-14-21(28)27(23(20)30)15-10-12-17(13-11-15)31-16-6-2-1-3-7-16/h1-13,20,25H,14H2,(H,26,29). The van der Waals surface area contributed by atoms with Gasteiger partial charge in [-0.15, -0.1) is 0 Å².